The van der Waals surface area contributed by atoms with Gasteiger partial charge in [0.2, 0.25) is 9.84 Å². The highest BCUT2D eigenvalue weighted by Gasteiger charge is 2.35. The summed E-state index contributed by atoms with van der Waals surface area (Å²) >= 11 is 0. The van der Waals surface area contributed by atoms with Gasteiger partial charge in [-0.25, -0.2) is 8.42 Å². The maximum absolute atomic E-state index is 13.1. The molecule has 7 nitrogen and oxygen atoms in total. The van der Waals surface area contributed by atoms with Crippen LogP contribution in [0.25, 0.3) is 0 Å². The fraction of sp³-hybridized carbons (Fsp3) is 0.227. The molecule has 1 atom stereocenters. The first-order valence-corrected chi connectivity index (χ1v) is 10.9. The number of sulfone groups is 1. The molecular weight excluding hydrogens is 402 g/mol. The van der Waals surface area contributed by atoms with E-state index >= 15 is 0 Å². The summed E-state index contributed by atoms with van der Waals surface area (Å²) in [5.41, 5.74) is 3.08. The molecule has 0 bridgehead atoms. The Balaban J connectivity index is 1.70. The Labute approximate surface area is 174 Å². The maximum atomic E-state index is 13.1. The minimum Gasteiger partial charge on any atom is -0.345 e. The number of ketones is 1. The van der Waals surface area contributed by atoms with E-state index in [-0.39, 0.29) is 38.3 Å². The quantitative estimate of drug-likeness (QED) is 0.546. The molecule has 30 heavy (non-hydrogen) atoms. The van der Waals surface area contributed by atoms with Gasteiger partial charge in [0.1, 0.15) is 0 Å². The van der Waals surface area contributed by atoms with Crippen molar-refractivity contribution in [1.29, 1.82) is 0 Å². The topological polar surface area (TPSA) is 98.1 Å². The fourth-order valence-corrected chi connectivity index (χ4v) is 5.67. The van der Waals surface area contributed by atoms with E-state index in [2.05, 4.69) is 10.4 Å². The molecular formula is C22H21N3O4S. The summed E-state index contributed by atoms with van der Waals surface area (Å²) in [6.45, 7) is 5.65. The van der Waals surface area contributed by atoms with Crippen LogP contribution >= 0.6 is 0 Å². The van der Waals surface area contributed by atoms with Gasteiger partial charge in [-0.1, -0.05) is 12.1 Å². The molecule has 1 amide bonds. The molecule has 0 radical (unpaired) electrons. The third-order valence-electron chi connectivity index (χ3n) is 5.54. The summed E-state index contributed by atoms with van der Waals surface area (Å²) in [5, 5.41) is 7.27. The summed E-state index contributed by atoms with van der Waals surface area (Å²) in [5.74, 6) is -0.785. The number of fused-ring (bicyclic) bond motifs is 2. The van der Waals surface area contributed by atoms with Crippen LogP contribution in [0.2, 0.25) is 0 Å². The highest BCUT2D eigenvalue weighted by atomic mass is 32.2. The molecule has 0 aliphatic carbocycles. The summed E-state index contributed by atoms with van der Waals surface area (Å²) in [6.07, 6.45) is 0. The fourth-order valence-electron chi connectivity index (χ4n) is 3.99. The van der Waals surface area contributed by atoms with E-state index in [1.54, 1.807) is 16.8 Å². The van der Waals surface area contributed by atoms with E-state index < -0.39 is 15.7 Å². The molecule has 1 aliphatic rings. The lowest BCUT2D eigenvalue weighted by atomic mass is 10.0. The Bertz CT molecular complexity index is 1320. The van der Waals surface area contributed by atoms with E-state index in [1.807, 2.05) is 27.8 Å². The van der Waals surface area contributed by atoms with Crippen molar-refractivity contribution in [3.8, 4) is 0 Å². The highest BCUT2D eigenvalue weighted by molar-refractivity contribution is 7.91. The number of nitrogens with one attached hydrogen (secondary N) is 1. The first-order chi connectivity index (χ1) is 14.1. The number of aryl methyl sites for hydroxylation is 2. The lowest BCUT2D eigenvalue weighted by molar-refractivity contribution is 0.0937. The van der Waals surface area contributed by atoms with Crippen LogP contribution < -0.4 is 5.32 Å². The number of aromatic nitrogens is 2. The molecule has 0 spiro atoms. The first-order valence-electron chi connectivity index (χ1n) is 9.46. The minimum absolute atomic E-state index is 0.0324. The number of nitrogens with zero attached hydrogens (tertiary/aromatic N) is 2. The minimum atomic E-state index is -3.90. The van der Waals surface area contributed by atoms with Crippen molar-refractivity contribution in [2.75, 3.05) is 0 Å². The van der Waals surface area contributed by atoms with Gasteiger partial charge in [0.05, 0.1) is 21.5 Å². The SMILES string of the molecule is Cc1nn(C)c(C)c1C(C)NC(=O)c1ccc2c(c1)S(=O)(=O)c1ccccc1C2=O. The zero-order valence-corrected chi connectivity index (χ0v) is 17.9. The van der Waals surface area contributed by atoms with Crippen LogP contribution in [0.15, 0.2) is 52.3 Å². The Hall–Kier alpha value is -3.26. The zero-order chi connectivity index (χ0) is 21.8. The third-order valence-corrected chi connectivity index (χ3v) is 7.40. The number of rotatable bonds is 3. The standard InChI is InChI=1S/C22H21N3O4S/c1-12(20-13(2)24-25(4)14(20)3)23-22(27)15-9-10-17-19(11-15)30(28,29)18-8-6-5-7-16(18)21(17)26/h5-12H,1-4H3,(H,23,27). The van der Waals surface area contributed by atoms with Crippen molar-refractivity contribution in [2.45, 2.75) is 36.6 Å². The number of amides is 1. The Kier molecular flexibility index (Phi) is 4.62. The molecule has 4 rings (SSSR count). The van der Waals surface area contributed by atoms with Gasteiger partial charge in [-0.3, -0.25) is 14.3 Å². The predicted molar refractivity (Wildman–Crippen MR) is 110 cm³/mol. The molecule has 0 fully saturated rings. The number of carbonyl (C=O) groups excluding carboxylic acids is 2. The van der Waals surface area contributed by atoms with Gasteiger partial charge in [-0.05, 0) is 51.1 Å². The molecule has 2 heterocycles. The van der Waals surface area contributed by atoms with E-state index in [0.29, 0.717) is 0 Å². The van der Waals surface area contributed by atoms with Crippen LogP contribution in [0.5, 0.6) is 0 Å². The van der Waals surface area contributed by atoms with Crippen molar-refractivity contribution in [3.05, 3.63) is 76.1 Å². The van der Waals surface area contributed by atoms with Crippen LogP contribution in [0.4, 0.5) is 0 Å². The second kappa shape index (κ2) is 6.91. The summed E-state index contributed by atoms with van der Waals surface area (Å²) < 4.78 is 27.9. The van der Waals surface area contributed by atoms with E-state index in [4.69, 9.17) is 0 Å². The number of hydrogen-bond donors (Lipinski definition) is 1. The Morgan fingerprint density at radius 1 is 1.07 bits per heavy atom. The molecule has 1 unspecified atom stereocenters. The maximum Gasteiger partial charge on any atom is 0.251 e. The lowest BCUT2D eigenvalue weighted by Gasteiger charge is -2.20. The van der Waals surface area contributed by atoms with E-state index in [1.165, 1.54) is 30.3 Å². The molecule has 1 aromatic heterocycles. The largest absolute Gasteiger partial charge is 0.345 e. The summed E-state index contributed by atoms with van der Waals surface area (Å²) in [4.78, 5) is 25.4. The van der Waals surface area contributed by atoms with Gasteiger partial charge in [0.25, 0.3) is 5.91 Å². The molecule has 3 aromatic rings. The summed E-state index contributed by atoms with van der Waals surface area (Å²) in [7, 11) is -2.06. The number of carbonyl (C=O) groups is 2. The summed E-state index contributed by atoms with van der Waals surface area (Å²) in [6, 6.07) is 9.96. The van der Waals surface area contributed by atoms with Gasteiger partial charge in [-0.15, -0.1) is 0 Å². The zero-order valence-electron chi connectivity index (χ0n) is 17.1. The monoisotopic (exact) mass is 423 g/mol. The third kappa shape index (κ3) is 2.95. The highest BCUT2D eigenvalue weighted by Crippen LogP contribution is 2.34. The van der Waals surface area contributed by atoms with Crippen molar-refractivity contribution >= 4 is 21.5 Å². The molecule has 154 valence electrons. The second-order valence-corrected chi connectivity index (χ2v) is 9.33. The van der Waals surface area contributed by atoms with Gasteiger partial charge >= 0.3 is 0 Å². The van der Waals surface area contributed by atoms with Gasteiger partial charge in [-0.2, -0.15) is 5.10 Å². The van der Waals surface area contributed by atoms with Crippen LogP contribution in [0, 0.1) is 13.8 Å². The average molecular weight is 423 g/mol. The molecule has 1 N–H and O–H groups in total. The van der Waals surface area contributed by atoms with Crippen molar-refractivity contribution in [2.24, 2.45) is 7.05 Å². The first kappa shape index (κ1) is 20.0. The molecule has 8 heteroatoms. The second-order valence-electron chi connectivity index (χ2n) is 7.44. The normalized spacial score (nSPS) is 15.3. The molecule has 2 aromatic carbocycles. The van der Waals surface area contributed by atoms with Crippen molar-refractivity contribution < 1.29 is 18.0 Å². The molecule has 0 saturated heterocycles. The van der Waals surface area contributed by atoms with E-state index in [0.717, 1.165) is 17.0 Å². The van der Waals surface area contributed by atoms with Crippen molar-refractivity contribution in [3.63, 3.8) is 0 Å². The predicted octanol–water partition coefficient (Wildman–Crippen LogP) is 2.91. The van der Waals surface area contributed by atoms with Gasteiger partial charge < -0.3 is 5.32 Å². The number of hydrogen-bond acceptors (Lipinski definition) is 5. The van der Waals surface area contributed by atoms with Gasteiger partial charge in [0, 0.05) is 35.0 Å². The molecule has 1 aliphatic heterocycles. The van der Waals surface area contributed by atoms with Crippen LogP contribution in [-0.4, -0.2) is 29.9 Å². The van der Waals surface area contributed by atoms with Crippen molar-refractivity contribution in [1.82, 2.24) is 15.1 Å². The average Bonchev–Trinajstić information content (AvgIpc) is 2.97. The Morgan fingerprint density at radius 3 is 2.40 bits per heavy atom. The lowest BCUT2D eigenvalue weighted by Crippen LogP contribution is -2.28. The van der Waals surface area contributed by atoms with Crippen LogP contribution in [0.1, 0.15) is 56.2 Å². The smallest absolute Gasteiger partial charge is 0.251 e. The van der Waals surface area contributed by atoms with Crippen LogP contribution in [-0.2, 0) is 16.9 Å². The van der Waals surface area contributed by atoms with Crippen LogP contribution in [0.3, 0.4) is 0 Å². The van der Waals surface area contributed by atoms with E-state index in [9.17, 15) is 18.0 Å². The number of benzene rings is 2. The van der Waals surface area contributed by atoms with Gasteiger partial charge in [0.15, 0.2) is 5.78 Å². The Morgan fingerprint density at radius 2 is 1.73 bits per heavy atom. The molecule has 0 saturated carbocycles.